The molecule has 1 N–H and O–H groups in total. The van der Waals surface area contributed by atoms with Gasteiger partial charge in [-0.05, 0) is 47.5 Å². The van der Waals surface area contributed by atoms with E-state index in [1.807, 2.05) is 66.7 Å². The van der Waals surface area contributed by atoms with Gasteiger partial charge in [-0.1, -0.05) is 72.8 Å². The van der Waals surface area contributed by atoms with Gasteiger partial charge in [0, 0.05) is 5.56 Å². The molecule has 0 saturated carbocycles. The van der Waals surface area contributed by atoms with Crippen molar-refractivity contribution in [1.29, 1.82) is 0 Å². The van der Waals surface area contributed by atoms with Crippen molar-refractivity contribution in [3.8, 4) is 11.5 Å². The largest absolute Gasteiger partial charge is 0.493 e. The minimum Gasteiger partial charge on any atom is -0.493 e. The van der Waals surface area contributed by atoms with Crippen LogP contribution in [0.2, 0.25) is 0 Å². The first kappa shape index (κ1) is 24.5. The predicted molar refractivity (Wildman–Crippen MR) is 146 cm³/mol. The van der Waals surface area contributed by atoms with Crippen molar-refractivity contribution >= 4 is 29.4 Å². The molecule has 1 aliphatic rings. The molecule has 7 heteroatoms. The second-order valence-electron chi connectivity index (χ2n) is 8.53. The summed E-state index contributed by atoms with van der Waals surface area (Å²) in [5.41, 5.74) is 3.82. The van der Waals surface area contributed by atoms with Gasteiger partial charge in [-0.3, -0.25) is 4.79 Å². The Morgan fingerprint density at radius 1 is 0.895 bits per heavy atom. The van der Waals surface area contributed by atoms with E-state index < -0.39 is 5.97 Å². The molecule has 0 atom stereocenters. The van der Waals surface area contributed by atoms with Crippen LogP contribution >= 0.6 is 0 Å². The highest BCUT2D eigenvalue weighted by Crippen LogP contribution is 2.32. The molecule has 7 nitrogen and oxygen atoms in total. The lowest BCUT2D eigenvalue weighted by Gasteiger charge is -2.13. The van der Waals surface area contributed by atoms with E-state index in [1.54, 1.807) is 37.5 Å². The SMILES string of the molecule is COc1cc(/C=C2\C(=O)N(c3cccc(C(=O)O)c3)N=C2c2ccccc2)ccc1OCc1ccccc1. The van der Waals surface area contributed by atoms with Crippen LogP contribution in [0.1, 0.15) is 27.0 Å². The lowest BCUT2D eigenvalue weighted by Crippen LogP contribution is -2.21. The van der Waals surface area contributed by atoms with Gasteiger partial charge in [0.05, 0.1) is 23.9 Å². The average molecular weight is 505 g/mol. The maximum atomic E-state index is 13.6. The van der Waals surface area contributed by atoms with E-state index in [0.717, 1.165) is 16.7 Å². The molecule has 38 heavy (non-hydrogen) atoms. The van der Waals surface area contributed by atoms with Crippen LogP contribution in [0.3, 0.4) is 0 Å². The zero-order valence-corrected chi connectivity index (χ0v) is 20.6. The summed E-state index contributed by atoms with van der Waals surface area (Å²) in [5, 5.41) is 15.2. The van der Waals surface area contributed by atoms with Crippen molar-refractivity contribution in [2.45, 2.75) is 6.61 Å². The smallest absolute Gasteiger partial charge is 0.335 e. The number of carbonyl (C=O) groups is 2. The average Bonchev–Trinajstić information content (AvgIpc) is 3.28. The number of hydrazone groups is 1. The number of aromatic carboxylic acids is 1. The summed E-state index contributed by atoms with van der Waals surface area (Å²) in [7, 11) is 1.57. The molecule has 1 amide bonds. The summed E-state index contributed by atoms with van der Waals surface area (Å²) in [4.78, 5) is 25.1. The summed E-state index contributed by atoms with van der Waals surface area (Å²) in [5.74, 6) is -0.330. The first-order chi connectivity index (χ1) is 18.5. The molecule has 5 rings (SSSR count). The van der Waals surface area contributed by atoms with Crippen molar-refractivity contribution in [3.63, 3.8) is 0 Å². The lowest BCUT2D eigenvalue weighted by molar-refractivity contribution is -0.114. The quantitative estimate of drug-likeness (QED) is 0.306. The standard InChI is InChI=1S/C31H24N2O5/c1-37-28-18-22(15-16-27(28)38-20-21-9-4-2-5-10-21)17-26-29(23-11-6-3-7-12-23)32-33(30(26)34)25-14-8-13-24(19-25)31(35)36/h2-19H,20H2,1H3,(H,35,36)/b26-17-. The summed E-state index contributed by atoms with van der Waals surface area (Å²) in [6.07, 6.45) is 1.75. The van der Waals surface area contributed by atoms with Crippen LogP contribution in [0.4, 0.5) is 5.69 Å². The van der Waals surface area contributed by atoms with E-state index in [4.69, 9.17) is 9.47 Å². The second kappa shape index (κ2) is 10.8. The number of carboxylic acids is 1. The van der Waals surface area contributed by atoms with Gasteiger partial charge in [-0.15, -0.1) is 0 Å². The van der Waals surface area contributed by atoms with Crippen LogP contribution in [0.25, 0.3) is 6.08 Å². The number of amides is 1. The number of rotatable bonds is 8. The Balaban J connectivity index is 1.49. The lowest BCUT2D eigenvalue weighted by atomic mass is 10.00. The Morgan fingerprint density at radius 2 is 1.63 bits per heavy atom. The molecular formula is C31H24N2O5. The number of methoxy groups -OCH3 is 1. The fraction of sp³-hybridized carbons (Fsp3) is 0.0645. The van der Waals surface area contributed by atoms with Crippen LogP contribution in [-0.2, 0) is 11.4 Å². The number of carbonyl (C=O) groups excluding carboxylic acids is 1. The van der Waals surface area contributed by atoms with Crippen LogP contribution in [-0.4, -0.2) is 29.8 Å². The Kier molecular flexibility index (Phi) is 6.99. The Hall–Kier alpha value is -5.17. The molecule has 1 aliphatic heterocycles. The van der Waals surface area contributed by atoms with Crippen LogP contribution in [0.5, 0.6) is 11.5 Å². The van der Waals surface area contributed by atoms with Gasteiger partial charge in [-0.25, -0.2) is 4.79 Å². The van der Waals surface area contributed by atoms with Gasteiger partial charge in [-0.2, -0.15) is 10.1 Å². The first-order valence-electron chi connectivity index (χ1n) is 11.9. The molecule has 4 aromatic carbocycles. The van der Waals surface area contributed by atoms with E-state index in [-0.39, 0.29) is 11.5 Å². The van der Waals surface area contributed by atoms with Gasteiger partial charge in [0.2, 0.25) is 0 Å². The second-order valence-corrected chi connectivity index (χ2v) is 8.53. The first-order valence-corrected chi connectivity index (χ1v) is 11.9. The van der Waals surface area contributed by atoms with Crippen molar-refractivity contribution in [2.24, 2.45) is 5.10 Å². The van der Waals surface area contributed by atoms with Gasteiger partial charge < -0.3 is 14.6 Å². The number of benzene rings is 4. The van der Waals surface area contributed by atoms with E-state index >= 15 is 0 Å². The molecule has 0 unspecified atom stereocenters. The highest BCUT2D eigenvalue weighted by molar-refractivity contribution is 6.37. The maximum absolute atomic E-state index is 13.6. The fourth-order valence-corrected chi connectivity index (χ4v) is 4.09. The monoisotopic (exact) mass is 504 g/mol. The normalized spacial score (nSPS) is 13.9. The molecule has 0 fully saturated rings. The van der Waals surface area contributed by atoms with E-state index in [1.165, 1.54) is 17.1 Å². The zero-order valence-electron chi connectivity index (χ0n) is 20.6. The third-order valence-electron chi connectivity index (χ3n) is 6.00. The number of ether oxygens (including phenoxy) is 2. The molecule has 0 saturated heterocycles. The van der Waals surface area contributed by atoms with Gasteiger partial charge >= 0.3 is 5.97 Å². The van der Waals surface area contributed by atoms with Crippen LogP contribution < -0.4 is 14.5 Å². The number of hydrogen-bond acceptors (Lipinski definition) is 5. The zero-order chi connectivity index (χ0) is 26.5. The van der Waals surface area contributed by atoms with Crippen molar-refractivity contribution in [3.05, 3.63) is 131 Å². The topological polar surface area (TPSA) is 88.4 Å². The molecule has 188 valence electrons. The third kappa shape index (κ3) is 5.17. The number of carboxylic acid groups (broad SMARTS) is 1. The highest BCUT2D eigenvalue weighted by Gasteiger charge is 2.32. The Labute approximate surface area is 219 Å². The van der Waals surface area contributed by atoms with Crippen molar-refractivity contribution in [1.82, 2.24) is 0 Å². The van der Waals surface area contributed by atoms with Gasteiger partial charge in [0.25, 0.3) is 5.91 Å². The summed E-state index contributed by atoms with van der Waals surface area (Å²) in [6, 6.07) is 30.8. The highest BCUT2D eigenvalue weighted by atomic mass is 16.5. The Bertz CT molecular complexity index is 1550. The molecule has 0 aliphatic carbocycles. The number of hydrogen-bond donors (Lipinski definition) is 1. The van der Waals surface area contributed by atoms with Crippen LogP contribution in [0, 0.1) is 0 Å². The number of nitrogens with zero attached hydrogens (tertiary/aromatic N) is 2. The van der Waals surface area contributed by atoms with Crippen LogP contribution in [0.15, 0.2) is 114 Å². The van der Waals surface area contributed by atoms with E-state index in [9.17, 15) is 14.7 Å². The minimum absolute atomic E-state index is 0.0695. The molecule has 0 aromatic heterocycles. The van der Waals surface area contributed by atoms with Gasteiger partial charge in [0.1, 0.15) is 12.3 Å². The maximum Gasteiger partial charge on any atom is 0.335 e. The van der Waals surface area contributed by atoms with Crippen molar-refractivity contribution < 1.29 is 24.2 Å². The minimum atomic E-state index is -1.08. The molecule has 0 bridgehead atoms. The third-order valence-corrected chi connectivity index (χ3v) is 6.00. The Morgan fingerprint density at radius 3 is 2.34 bits per heavy atom. The van der Waals surface area contributed by atoms with Gasteiger partial charge in [0.15, 0.2) is 11.5 Å². The predicted octanol–water partition coefficient (Wildman–Crippen LogP) is 5.81. The summed E-state index contributed by atoms with van der Waals surface area (Å²) >= 11 is 0. The molecule has 1 heterocycles. The fourth-order valence-electron chi connectivity index (χ4n) is 4.09. The van der Waals surface area contributed by atoms with E-state index in [2.05, 4.69) is 5.10 Å². The van der Waals surface area contributed by atoms with E-state index in [0.29, 0.717) is 35.1 Å². The van der Waals surface area contributed by atoms with Crippen molar-refractivity contribution in [2.75, 3.05) is 12.1 Å². The molecule has 0 radical (unpaired) electrons. The summed E-state index contributed by atoms with van der Waals surface area (Å²) < 4.78 is 11.5. The molecule has 0 spiro atoms. The summed E-state index contributed by atoms with van der Waals surface area (Å²) in [6.45, 7) is 0.394. The molecule has 4 aromatic rings. The molecular weight excluding hydrogens is 480 g/mol. The number of anilines is 1.